The van der Waals surface area contributed by atoms with E-state index in [1.165, 1.54) is 0 Å². The lowest BCUT2D eigenvalue weighted by Gasteiger charge is -2.16. The lowest BCUT2D eigenvalue weighted by atomic mass is 9.95. The highest BCUT2D eigenvalue weighted by Crippen LogP contribution is 2.37. The van der Waals surface area contributed by atoms with Gasteiger partial charge in [0.2, 0.25) is 0 Å². The molecule has 3 aromatic rings. The minimum atomic E-state index is -2.21. The second-order valence-electron chi connectivity index (χ2n) is 4.84. The second-order valence-corrected chi connectivity index (χ2v) is 5.20. The molecule has 0 atom stereocenters. The molecule has 2 aromatic heterocycles. The number of fused-ring (bicyclic) bond motifs is 1. The van der Waals surface area contributed by atoms with Gasteiger partial charge in [-0.05, 0) is 12.1 Å². The van der Waals surface area contributed by atoms with E-state index in [4.69, 9.17) is 11.6 Å². The first kappa shape index (κ1) is 16.7. The van der Waals surface area contributed by atoms with Gasteiger partial charge in [-0.25, -0.2) is 8.78 Å². The van der Waals surface area contributed by atoms with Gasteiger partial charge in [0.1, 0.15) is 23.1 Å². The summed E-state index contributed by atoms with van der Waals surface area (Å²) in [4.78, 5) is 30.5. The third-order valence-corrected chi connectivity index (χ3v) is 3.67. The molecule has 0 aliphatic carbocycles. The summed E-state index contributed by atoms with van der Waals surface area (Å²) in [6.07, 6.45) is 0.977. The molecule has 0 radical (unpaired) electrons. The Morgan fingerprint density at radius 1 is 1.12 bits per heavy atom. The fraction of sp³-hybridized carbons (Fsp3) is 0.0714. The summed E-state index contributed by atoms with van der Waals surface area (Å²) < 4.78 is 29.2. The quantitative estimate of drug-likeness (QED) is 0.534. The monoisotopic (exact) mass is 368 g/mol. The number of carbonyl (C=O) groups is 2. The highest BCUT2D eigenvalue weighted by Gasteiger charge is 2.36. The van der Waals surface area contributed by atoms with Crippen LogP contribution < -0.4 is 0 Å². The topological polar surface area (TPSA) is 118 Å². The molecule has 128 valence electrons. The van der Waals surface area contributed by atoms with Crippen molar-refractivity contribution >= 4 is 29.3 Å². The average Bonchev–Trinajstić information content (AvgIpc) is 2.96. The average molecular weight is 369 g/mol. The van der Waals surface area contributed by atoms with Crippen LogP contribution in [0.4, 0.5) is 8.78 Å². The van der Waals surface area contributed by atoms with Crippen LogP contribution in [0.2, 0.25) is 5.15 Å². The lowest BCUT2D eigenvalue weighted by molar-refractivity contribution is -0.150. The van der Waals surface area contributed by atoms with Crippen molar-refractivity contribution in [3.8, 4) is 11.1 Å². The Morgan fingerprint density at radius 3 is 2.28 bits per heavy atom. The maximum Gasteiger partial charge on any atom is 0.324 e. The largest absolute Gasteiger partial charge is 0.480 e. The zero-order valence-corrected chi connectivity index (χ0v) is 12.8. The first-order chi connectivity index (χ1) is 11.8. The van der Waals surface area contributed by atoms with Crippen LogP contribution in [0.1, 0.15) is 11.6 Å². The molecule has 1 aromatic carbocycles. The van der Waals surface area contributed by atoms with E-state index >= 15 is 0 Å². The molecule has 0 unspecified atom stereocenters. The Morgan fingerprint density at radius 2 is 1.72 bits per heavy atom. The third-order valence-electron chi connectivity index (χ3n) is 3.40. The van der Waals surface area contributed by atoms with Crippen molar-refractivity contribution in [2.24, 2.45) is 0 Å². The molecular weight excluding hydrogens is 362 g/mol. The SMILES string of the molecule is O=C(O)C(C(=O)O)c1c(-c2c(F)cccc2F)c(Cl)nc2ncnn12. The Hall–Kier alpha value is -3.14. The van der Waals surface area contributed by atoms with Gasteiger partial charge in [0.25, 0.3) is 5.78 Å². The van der Waals surface area contributed by atoms with Crippen LogP contribution in [0.3, 0.4) is 0 Å². The molecule has 0 saturated heterocycles. The summed E-state index contributed by atoms with van der Waals surface area (Å²) in [5.41, 5.74) is -1.80. The van der Waals surface area contributed by atoms with Crippen LogP contribution in [0.5, 0.6) is 0 Å². The van der Waals surface area contributed by atoms with Crippen molar-refractivity contribution in [1.29, 1.82) is 0 Å². The molecule has 0 aliphatic heterocycles. The fourth-order valence-corrected chi connectivity index (χ4v) is 2.68. The molecule has 3 rings (SSSR count). The lowest BCUT2D eigenvalue weighted by Crippen LogP contribution is -2.25. The van der Waals surface area contributed by atoms with Gasteiger partial charge in [-0.15, -0.1) is 0 Å². The third kappa shape index (κ3) is 2.66. The standard InChI is InChI=1S/C14H7ClF2N4O4/c15-11-8(7-5(16)2-1-3-6(7)17)10(9(12(22)23)13(24)25)21-14(20-11)18-4-19-21/h1-4,9H,(H,22,23)(H,24,25). The van der Waals surface area contributed by atoms with E-state index in [9.17, 15) is 28.6 Å². The summed E-state index contributed by atoms with van der Waals surface area (Å²) in [6.45, 7) is 0. The first-order valence-electron chi connectivity index (χ1n) is 6.62. The summed E-state index contributed by atoms with van der Waals surface area (Å²) in [5.74, 6) is -8.11. The first-order valence-corrected chi connectivity index (χ1v) is 6.99. The minimum absolute atomic E-state index is 0.215. The van der Waals surface area contributed by atoms with Crippen LogP contribution in [-0.2, 0) is 9.59 Å². The minimum Gasteiger partial charge on any atom is -0.480 e. The normalized spacial score (nSPS) is 11.2. The van der Waals surface area contributed by atoms with E-state index in [-0.39, 0.29) is 5.78 Å². The molecule has 0 fully saturated rings. The molecule has 0 saturated carbocycles. The van der Waals surface area contributed by atoms with Gasteiger partial charge in [-0.1, -0.05) is 17.7 Å². The number of carboxylic acid groups (broad SMARTS) is 2. The molecule has 11 heteroatoms. The van der Waals surface area contributed by atoms with Crippen molar-refractivity contribution in [1.82, 2.24) is 19.6 Å². The number of nitrogens with zero attached hydrogens (tertiary/aromatic N) is 4. The molecule has 0 amide bonds. The van der Waals surface area contributed by atoms with Crippen molar-refractivity contribution in [2.45, 2.75) is 5.92 Å². The number of rotatable bonds is 4. The van der Waals surface area contributed by atoms with Crippen LogP contribution >= 0.6 is 11.6 Å². The van der Waals surface area contributed by atoms with E-state index in [1.54, 1.807) is 0 Å². The Bertz CT molecular complexity index is 989. The number of hydrogen-bond acceptors (Lipinski definition) is 5. The molecule has 0 aliphatic rings. The highest BCUT2D eigenvalue weighted by atomic mass is 35.5. The zero-order chi connectivity index (χ0) is 18.3. The van der Waals surface area contributed by atoms with Gasteiger partial charge in [0.15, 0.2) is 5.92 Å². The summed E-state index contributed by atoms with van der Waals surface area (Å²) in [6, 6.07) is 2.93. The van der Waals surface area contributed by atoms with Gasteiger partial charge in [0, 0.05) is 5.56 Å². The molecule has 0 bridgehead atoms. The van der Waals surface area contributed by atoms with Crippen molar-refractivity contribution in [2.75, 3.05) is 0 Å². The highest BCUT2D eigenvalue weighted by molar-refractivity contribution is 6.32. The van der Waals surface area contributed by atoms with E-state index in [1.807, 2.05) is 0 Å². The predicted octanol–water partition coefficient (Wildman–Crippen LogP) is 1.98. The van der Waals surface area contributed by atoms with E-state index < -0.39 is 51.5 Å². The van der Waals surface area contributed by atoms with Crippen molar-refractivity contribution < 1.29 is 28.6 Å². The maximum atomic E-state index is 14.2. The van der Waals surface area contributed by atoms with Gasteiger partial charge in [-0.2, -0.15) is 19.6 Å². The number of aromatic nitrogens is 4. The van der Waals surface area contributed by atoms with Gasteiger partial charge in [0.05, 0.1) is 11.3 Å². The molecule has 0 spiro atoms. The van der Waals surface area contributed by atoms with E-state index in [0.29, 0.717) is 0 Å². The summed E-state index contributed by atoms with van der Waals surface area (Å²) in [5, 5.41) is 21.8. The molecule has 25 heavy (non-hydrogen) atoms. The van der Waals surface area contributed by atoms with Crippen LogP contribution in [-0.4, -0.2) is 41.7 Å². The van der Waals surface area contributed by atoms with Crippen LogP contribution in [0.25, 0.3) is 16.9 Å². The Kier molecular flexibility index (Phi) is 4.05. The van der Waals surface area contributed by atoms with Crippen LogP contribution in [0, 0.1) is 11.6 Å². The van der Waals surface area contributed by atoms with E-state index in [2.05, 4.69) is 15.1 Å². The zero-order valence-electron chi connectivity index (χ0n) is 12.0. The van der Waals surface area contributed by atoms with Crippen molar-refractivity contribution in [3.05, 3.63) is 47.0 Å². The summed E-state index contributed by atoms with van der Waals surface area (Å²) in [7, 11) is 0. The summed E-state index contributed by atoms with van der Waals surface area (Å²) >= 11 is 5.99. The fourth-order valence-electron chi connectivity index (χ4n) is 2.41. The number of hydrogen-bond donors (Lipinski definition) is 2. The Labute approximate surface area is 142 Å². The van der Waals surface area contributed by atoms with Gasteiger partial charge in [-0.3, -0.25) is 9.59 Å². The van der Waals surface area contributed by atoms with Gasteiger partial charge >= 0.3 is 11.9 Å². The number of benzene rings is 1. The molecule has 2 N–H and O–H groups in total. The molecule has 2 heterocycles. The predicted molar refractivity (Wildman–Crippen MR) is 79.2 cm³/mol. The number of carboxylic acids is 2. The molecular formula is C14H7ClF2N4O4. The van der Waals surface area contributed by atoms with Gasteiger partial charge < -0.3 is 10.2 Å². The van der Waals surface area contributed by atoms with Crippen molar-refractivity contribution in [3.63, 3.8) is 0 Å². The maximum absolute atomic E-state index is 14.2. The number of halogens is 3. The van der Waals surface area contributed by atoms with E-state index in [0.717, 1.165) is 29.0 Å². The van der Waals surface area contributed by atoms with Crippen LogP contribution in [0.15, 0.2) is 24.5 Å². The number of aliphatic carboxylic acids is 2. The Balaban J connectivity index is 2.51. The molecule has 8 nitrogen and oxygen atoms in total. The smallest absolute Gasteiger partial charge is 0.324 e. The second kappa shape index (κ2) is 6.06.